The lowest BCUT2D eigenvalue weighted by atomic mass is 10.1. The molecule has 2 aliphatic heterocycles. The first kappa shape index (κ1) is 25.1. The zero-order chi connectivity index (χ0) is 25.9. The number of benzene rings is 1. The minimum absolute atomic E-state index is 0.0201. The Bertz CT molecular complexity index is 1140. The van der Waals surface area contributed by atoms with E-state index in [2.05, 4.69) is 20.5 Å². The number of nitrogen functional groups attached to an aromatic ring is 1. The van der Waals surface area contributed by atoms with Crippen LogP contribution in [0.25, 0.3) is 0 Å². The molecule has 5 N–H and O–H groups in total. The van der Waals surface area contributed by atoms with E-state index in [9.17, 15) is 22.8 Å². The molecule has 1 aromatic heterocycles. The largest absolute Gasteiger partial charge is 0.471 e. The molecule has 0 unspecified atom stereocenters. The van der Waals surface area contributed by atoms with Gasteiger partial charge in [0.25, 0.3) is 5.91 Å². The van der Waals surface area contributed by atoms with E-state index in [0.717, 1.165) is 0 Å². The lowest BCUT2D eigenvalue weighted by Crippen LogP contribution is -2.44. The number of hydrogen-bond donors (Lipinski definition) is 4. The van der Waals surface area contributed by atoms with E-state index >= 15 is 0 Å². The van der Waals surface area contributed by atoms with Gasteiger partial charge in [0.1, 0.15) is 5.84 Å². The van der Waals surface area contributed by atoms with Gasteiger partial charge in [-0.1, -0.05) is 0 Å². The molecule has 0 spiro atoms. The second-order valence-electron chi connectivity index (χ2n) is 8.23. The minimum atomic E-state index is -4.96. The summed E-state index contributed by atoms with van der Waals surface area (Å²) in [4.78, 5) is 31.5. The molecular weight excluding hydrogens is 483 g/mol. The molecule has 3 heterocycles. The third-order valence-electron chi connectivity index (χ3n) is 5.69. The van der Waals surface area contributed by atoms with Crippen molar-refractivity contribution >= 4 is 35.1 Å². The molecule has 0 radical (unpaired) electrons. The SMILES string of the molecule is N=C(N)c1nnc(N2CC[C@@H](NC(=O)C(F)(F)F)C2)nc1Nc1ccc(C(=O)N2CCOCC2)cc1. The number of nitrogens with zero attached hydrogens (tertiary/aromatic N) is 5. The van der Waals surface area contributed by atoms with Crippen molar-refractivity contribution in [1.29, 1.82) is 5.41 Å². The fourth-order valence-corrected chi connectivity index (χ4v) is 3.83. The maximum absolute atomic E-state index is 12.6. The lowest BCUT2D eigenvalue weighted by molar-refractivity contribution is -0.174. The van der Waals surface area contributed by atoms with Gasteiger partial charge in [-0.05, 0) is 30.7 Å². The molecule has 2 fully saturated rings. The molecule has 2 aromatic rings. The Hall–Kier alpha value is -4.01. The Labute approximate surface area is 203 Å². The Morgan fingerprint density at radius 3 is 2.44 bits per heavy atom. The fraction of sp³-hybridized carbons (Fsp3) is 0.429. The van der Waals surface area contributed by atoms with Crippen LogP contribution in [0.5, 0.6) is 0 Å². The number of nitrogens with two attached hydrogens (primary N) is 1. The van der Waals surface area contributed by atoms with Crippen LogP contribution < -0.4 is 21.3 Å². The van der Waals surface area contributed by atoms with Gasteiger partial charge < -0.3 is 30.9 Å². The Kier molecular flexibility index (Phi) is 7.19. The lowest BCUT2D eigenvalue weighted by Gasteiger charge is -2.26. The zero-order valence-electron chi connectivity index (χ0n) is 19.0. The summed E-state index contributed by atoms with van der Waals surface area (Å²) in [6.45, 7) is 2.38. The van der Waals surface area contributed by atoms with Gasteiger partial charge in [0.2, 0.25) is 5.95 Å². The topological polar surface area (TPSA) is 162 Å². The molecule has 0 saturated carbocycles. The highest BCUT2D eigenvalue weighted by atomic mass is 19.4. The average Bonchev–Trinajstić information content (AvgIpc) is 3.32. The number of rotatable bonds is 6. The van der Waals surface area contributed by atoms with Gasteiger partial charge in [-0.15, -0.1) is 10.2 Å². The zero-order valence-corrected chi connectivity index (χ0v) is 19.0. The number of amides is 2. The first-order valence-corrected chi connectivity index (χ1v) is 11.1. The summed E-state index contributed by atoms with van der Waals surface area (Å²) in [6, 6.07) is 5.90. The normalized spacial score (nSPS) is 18.1. The maximum Gasteiger partial charge on any atom is 0.471 e. The third-order valence-corrected chi connectivity index (χ3v) is 5.69. The highest BCUT2D eigenvalue weighted by Gasteiger charge is 2.41. The Morgan fingerprint density at radius 1 is 1.11 bits per heavy atom. The summed E-state index contributed by atoms with van der Waals surface area (Å²) in [6.07, 6.45) is -4.70. The van der Waals surface area contributed by atoms with E-state index < -0.39 is 18.1 Å². The van der Waals surface area contributed by atoms with Gasteiger partial charge in [-0.2, -0.15) is 18.2 Å². The summed E-state index contributed by atoms with van der Waals surface area (Å²) in [7, 11) is 0. The summed E-state index contributed by atoms with van der Waals surface area (Å²) < 4.78 is 42.9. The molecule has 36 heavy (non-hydrogen) atoms. The molecule has 2 aliphatic rings. The van der Waals surface area contributed by atoms with E-state index in [1.807, 2.05) is 5.32 Å². The van der Waals surface area contributed by atoms with Gasteiger partial charge in [-0.25, -0.2) is 0 Å². The van der Waals surface area contributed by atoms with E-state index in [0.29, 0.717) is 44.1 Å². The summed E-state index contributed by atoms with van der Waals surface area (Å²) in [5.41, 5.74) is 6.63. The summed E-state index contributed by atoms with van der Waals surface area (Å²) in [5.74, 6) is -2.28. The number of aromatic nitrogens is 3. The molecule has 1 atom stereocenters. The van der Waals surface area contributed by atoms with Crippen molar-refractivity contribution in [2.75, 3.05) is 49.6 Å². The van der Waals surface area contributed by atoms with Crippen molar-refractivity contribution in [3.63, 3.8) is 0 Å². The number of amidine groups is 1. The molecule has 1 aromatic carbocycles. The minimum Gasteiger partial charge on any atom is -0.382 e. The van der Waals surface area contributed by atoms with Gasteiger partial charge in [0.05, 0.1) is 13.2 Å². The average molecular weight is 507 g/mol. The third kappa shape index (κ3) is 5.79. The number of carbonyl (C=O) groups excluding carboxylic acids is 2. The van der Waals surface area contributed by atoms with Crippen molar-refractivity contribution < 1.29 is 27.5 Å². The van der Waals surface area contributed by atoms with Crippen LogP contribution in [0.4, 0.5) is 30.6 Å². The van der Waals surface area contributed by atoms with Crippen LogP contribution in [-0.4, -0.2) is 89.3 Å². The van der Waals surface area contributed by atoms with E-state index in [-0.39, 0.29) is 42.2 Å². The molecule has 4 rings (SSSR count). The van der Waals surface area contributed by atoms with Crippen LogP contribution in [0.1, 0.15) is 22.5 Å². The predicted molar refractivity (Wildman–Crippen MR) is 122 cm³/mol. The molecule has 2 amide bonds. The van der Waals surface area contributed by atoms with Crippen LogP contribution in [-0.2, 0) is 9.53 Å². The van der Waals surface area contributed by atoms with Crippen molar-refractivity contribution in [3.8, 4) is 0 Å². The van der Waals surface area contributed by atoms with Crippen LogP contribution in [0.2, 0.25) is 0 Å². The molecule has 192 valence electrons. The number of morpholine rings is 1. The number of ether oxygens (including phenoxy) is 1. The van der Waals surface area contributed by atoms with E-state index in [4.69, 9.17) is 15.9 Å². The predicted octanol–water partition coefficient (Wildman–Crippen LogP) is 0.629. The number of carbonyl (C=O) groups is 2. The van der Waals surface area contributed by atoms with Crippen molar-refractivity contribution in [1.82, 2.24) is 25.4 Å². The second-order valence-corrected chi connectivity index (χ2v) is 8.23. The van der Waals surface area contributed by atoms with Gasteiger partial charge >= 0.3 is 12.1 Å². The van der Waals surface area contributed by atoms with Gasteiger partial charge in [0.15, 0.2) is 11.5 Å². The van der Waals surface area contributed by atoms with Crippen molar-refractivity contribution in [2.45, 2.75) is 18.6 Å². The summed E-state index contributed by atoms with van der Waals surface area (Å²) in [5, 5.41) is 20.6. The van der Waals surface area contributed by atoms with Crippen LogP contribution in [0.3, 0.4) is 0 Å². The number of nitrogens with one attached hydrogen (secondary N) is 3. The number of hydrogen-bond acceptors (Lipinski definition) is 9. The van der Waals surface area contributed by atoms with E-state index in [1.54, 1.807) is 34.1 Å². The van der Waals surface area contributed by atoms with Gasteiger partial charge in [-0.3, -0.25) is 15.0 Å². The molecular formula is C21H24F3N9O3. The Morgan fingerprint density at radius 2 is 1.81 bits per heavy atom. The number of anilines is 3. The monoisotopic (exact) mass is 507 g/mol. The van der Waals surface area contributed by atoms with Crippen LogP contribution in [0.15, 0.2) is 24.3 Å². The van der Waals surface area contributed by atoms with Crippen molar-refractivity contribution in [2.24, 2.45) is 5.73 Å². The van der Waals surface area contributed by atoms with E-state index in [1.165, 1.54) is 0 Å². The highest BCUT2D eigenvalue weighted by Crippen LogP contribution is 2.23. The van der Waals surface area contributed by atoms with Gasteiger partial charge in [0, 0.05) is 43.5 Å². The second kappa shape index (κ2) is 10.3. The molecule has 12 nitrogen and oxygen atoms in total. The molecule has 2 saturated heterocycles. The molecule has 0 bridgehead atoms. The Balaban J connectivity index is 1.47. The first-order chi connectivity index (χ1) is 17.1. The highest BCUT2D eigenvalue weighted by molar-refractivity contribution is 5.98. The molecule has 15 heteroatoms. The smallest absolute Gasteiger partial charge is 0.382 e. The number of halogens is 3. The van der Waals surface area contributed by atoms with Crippen molar-refractivity contribution in [3.05, 3.63) is 35.5 Å². The fourth-order valence-electron chi connectivity index (χ4n) is 3.83. The standard InChI is InChI=1S/C21H24F3N9O3/c22-21(23,24)19(35)28-14-5-6-33(11-14)20-29-17(15(16(25)26)30-31-20)27-13-3-1-12(2-4-13)18(34)32-7-9-36-10-8-32/h1-4,14H,5-11H2,(H3,25,26)(H,28,35)(H,27,29,31)/t14-/m1/s1. The molecule has 0 aliphatic carbocycles. The maximum atomic E-state index is 12.6. The summed E-state index contributed by atoms with van der Waals surface area (Å²) >= 11 is 0. The first-order valence-electron chi connectivity index (χ1n) is 11.1. The quantitative estimate of drug-likeness (QED) is 0.324. The van der Waals surface area contributed by atoms with Crippen LogP contribution in [0, 0.1) is 5.41 Å². The number of alkyl halides is 3. The van der Waals surface area contributed by atoms with Crippen LogP contribution >= 0.6 is 0 Å².